The van der Waals surface area contributed by atoms with Gasteiger partial charge < -0.3 is 15.7 Å². The normalized spacial score (nSPS) is 11.0. The lowest BCUT2D eigenvalue weighted by Gasteiger charge is -2.10. The van der Waals surface area contributed by atoms with E-state index in [1.54, 1.807) is 6.07 Å². The van der Waals surface area contributed by atoms with Crippen molar-refractivity contribution in [2.75, 3.05) is 24.7 Å². The SMILES string of the molecule is CS(=O)(=O)NCCNC(=O)Nc1cc(Br)ccc1C(=O)O. The van der Waals surface area contributed by atoms with Crippen molar-refractivity contribution in [2.24, 2.45) is 0 Å². The van der Waals surface area contributed by atoms with Crippen LogP contribution in [0.3, 0.4) is 0 Å². The van der Waals surface area contributed by atoms with Crippen molar-refractivity contribution in [2.45, 2.75) is 0 Å². The number of amides is 2. The van der Waals surface area contributed by atoms with E-state index in [0.29, 0.717) is 4.47 Å². The van der Waals surface area contributed by atoms with Crippen LogP contribution in [0.15, 0.2) is 22.7 Å². The van der Waals surface area contributed by atoms with Crippen LogP contribution in [0.5, 0.6) is 0 Å². The third-order valence-corrected chi connectivity index (χ3v) is 3.46. The van der Waals surface area contributed by atoms with Gasteiger partial charge in [-0.25, -0.2) is 22.7 Å². The lowest BCUT2D eigenvalue weighted by atomic mass is 10.2. The van der Waals surface area contributed by atoms with Crippen LogP contribution in [0.25, 0.3) is 0 Å². The second-order valence-electron chi connectivity index (χ2n) is 4.04. The first kappa shape index (κ1) is 17.4. The van der Waals surface area contributed by atoms with Crippen LogP contribution in [0.2, 0.25) is 0 Å². The van der Waals surface area contributed by atoms with Gasteiger partial charge in [-0.15, -0.1) is 0 Å². The van der Waals surface area contributed by atoms with Gasteiger partial charge >= 0.3 is 12.0 Å². The maximum Gasteiger partial charge on any atom is 0.337 e. The molecule has 0 aromatic heterocycles. The van der Waals surface area contributed by atoms with Gasteiger partial charge in [-0.05, 0) is 18.2 Å². The first-order valence-corrected chi connectivity index (χ1v) is 8.40. The van der Waals surface area contributed by atoms with Gasteiger partial charge in [-0.3, -0.25) is 0 Å². The predicted molar refractivity (Wildman–Crippen MR) is 81.0 cm³/mol. The summed E-state index contributed by atoms with van der Waals surface area (Å²) in [4.78, 5) is 22.6. The van der Waals surface area contributed by atoms with Crippen LogP contribution in [0.4, 0.5) is 10.5 Å². The van der Waals surface area contributed by atoms with Crippen molar-refractivity contribution in [1.29, 1.82) is 0 Å². The molecule has 8 nitrogen and oxygen atoms in total. The molecule has 0 aliphatic rings. The maximum absolute atomic E-state index is 11.6. The Labute approximate surface area is 130 Å². The van der Waals surface area contributed by atoms with Crippen molar-refractivity contribution in [3.05, 3.63) is 28.2 Å². The summed E-state index contributed by atoms with van der Waals surface area (Å²) in [6.45, 7) is 0.103. The van der Waals surface area contributed by atoms with E-state index in [2.05, 4.69) is 31.3 Å². The summed E-state index contributed by atoms with van der Waals surface area (Å²) in [5, 5.41) is 13.8. The number of nitrogens with one attached hydrogen (secondary N) is 3. The Balaban J connectivity index is 2.59. The molecule has 0 unspecified atom stereocenters. The predicted octanol–water partition coefficient (Wildman–Crippen LogP) is 0.818. The van der Waals surface area contributed by atoms with Crippen LogP contribution >= 0.6 is 15.9 Å². The number of halogens is 1. The molecule has 4 N–H and O–H groups in total. The topological polar surface area (TPSA) is 125 Å². The van der Waals surface area contributed by atoms with Crippen molar-refractivity contribution in [3.63, 3.8) is 0 Å². The zero-order valence-corrected chi connectivity index (χ0v) is 13.4. The van der Waals surface area contributed by atoms with Crippen molar-refractivity contribution < 1.29 is 23.1 Å². The second kappa shape index (κ2) is 7.38. The van der Waals surface area contributed by atoms with Gasteiger partial charge in [0.2, 0.25) is 10.0 Å². The van der Waals surface area contributed by atoms with Gasteiger partial charge in [-0.1, -0.05) is 15.9 Å². The molecule has 1 aromatic carbocycles. The molecule has 1 aromatic rings. The number of carboxylic acid groups (broad SMARTS) is 1. The van der Waals surface area contributed by atoms with Crippen LogP contribution in [-0.4, -0.2) is 44.9 Å². The number of benzene rings is 1. The summed E-state index contributed by atoms with van der Waals surface area (Å²) in [6.07, 6.45) is 1.01. The Morgan fingerprint density at radius 3 is 2.52 bits per heavy atom. The average molecular weight is 380 g/mol. The number of rotatable bonds is 6. The lowest BCUT2D eigenvalue weighted by Crippen LogP contribution is -2.36. The summed E-state index contributed by atoms with van der Waals surface area (Å²) in [7, 11) is -3.31. The van der Waals surface area contributed by atoms with Crippen LogP contribution in [-0.2, 0) is 10.0 Å². The third-order valence-electron chi connectivity index (χ3n) is 2.24. The highest BCUT2D eigenvalue weighted by atomic mass is 79.9. The highest BCUT2D eigenvalue weighted by molar-refractivity contribution is 9.10. The Morgan fingerprint density at radius 1 is 1.29 bits per heavy atom. The number of hydrogen-bond acceptors (Lipinski definition) is 4. The number of carboxylic acids is 1. The summed E-state index contributed by atoms with van der Waals surface area (Å²) >= 11 is 3.18. The molecule has 10 heteroatoms. The standard InChI is InChI=1S/C11H14BrN3O5S/c1-21(19,20)14-5-4-13-11(18)15-9-6-7(12)2-3-8(9)10(16)17/h2-3,6,14H,4-5H2,1H3,(H,16,17)(H2,13,15,18). The number of sulfonamides is 1. The molecule has 2 amide bonds. The molecule has 0 spiro atoms. The van der Waals surface area contributed by atoms with Gasteiger partial charge in [0.05, 0.1) is 17.5 Å². The minimum absolute atomic E-state index is 0.0382. The Morgan fingerprint density at radius 2 is 1.95 bits per heavy atom. The number of aromatic carboxylic acids is 1. The fourth-order valence-electron chi connectivity index (χ4n) is 1.39. The summed E-state index contributed by atoms with van der Waals surface area (Å²) in [5.41, 5.74) is 0.0769. The summed E-state index contributed by atoms with van der Waals surface area (Å²) in [5.74, 6) is -1.17. The zero-order chi connectivity index (χ0) is 16.0. The average Bonchev–Trinajstić information content (AvgIpc) is 2.33. The van der Waals surface area contributed by atoms with E-state index >= 15 is 0 Å². The highest BCUT2D eigenvalue weighted by Gasteiger charge is 2.12. The highest BCUT2D eigenvalue weighted by Crippen LogP contribution is 2.21. The Bertz CT molecular complexity index is 647. The first-order chi connectivity index (χ1) is 9.69. The molecule has 0 fully saturated rings. The van der Waals surface area contributed by atoms with E-state index in [1.807, 2.05) is 0 Å². The first-order valence-electron chi connectivity index (χ1n) is 5.71. The van der Waals surface area contributed by atoms with E-state index < -0.39 is 22.0 Å². The Hall–Kier alpha value is -1.65. The fraction of sp³-hybridized carbons (Fsp3) is 0.273. The smallest absolute Gasteiger partial charge is 0.337 e. The molecule has 0 radical (unpaired) electrons. The fourth-order valence-corrected chi connectivity index (χ4v) is 2.22. The summed E-state index contributed by atoms with van der Waals surface area (Å²) in [6, 6.07) is 3.72. The van der Waals surface area contributed by atoms with Crippen molar-refractivity contribution in [3.8, 4) is 0 Å². The maximum atomic E-state index is 11.6. The number of hydrogen-bond donors (Lipinski definition) is 4. The van der Waals surface area contributed by atoms with Crippen LogP contribution in [0, 0.1) is 0 Å². The van der Waals surface area contributed by atoms with Crippen LogP contribution < -0.4 is 15.4 Å². The molecule has 0 saturated heterocycles. The molecule has 0 aliphatic heterocycles. The molecular weight excluding hydrogens is 366 g/mol. The van der Waals surface area contributed by atoms with E-state index in [9.17, 15) is 18.0 Å². The van der Waals surface area contributed by atoms with Crippen LogP contribution in [0.1, 0.15) is 10.4 Å². The molecular formula is C11H14BrN3O5S. The van der Waals surface area contributed by atoms with E-state index in [-0.39, 0.29) is 24.3 Å². The quantitative estimate of drug-likeness (QED) is 0.544. The largest absolute Gasteiger partial charge is 0.478 e. The molecule has 21 heavy (non-hydrogen) atoms. The second-order valence-corrected chi connectivity index (χ2v) is 6.79. The zero-order valence-electron chi connectivity index (χ0n) is 11.0. The number of carbonyl (C=O) groups excluding carboxylic acids is 1. The van der Waals surface area contributed by atoms with Gasteiger partial charge in [-0.2, -0.15) is 0 Å². The number of urea groups is 1. The molecule has 0 bridgehead atoms. The molecule has 0 atom stereocenters. The van der Waals surface area contributed by atoms with Gasteiger partial charge in [0.15, 0.2) is 0 Å². The van der Waals surface area contributed by atoms with E-state index in [4.69, 9.17) is 5.11 Å². The Kier molecular flexibility index (Phi) is 6.12. The molecule has 1 rings (SSSR count). The van der Waals surface area contributed by atoms with Crippen molar-refractivity contribution in [1.82, 2.24) is 10.0 Å². The van der Waals surface area contributed by atoms with Crippen molar-refractivity contribution >= 4 is 43.6 Å². The minimum Gasteiger partial charge on any atom is -0.478 e. The van der Waals surface area contributed by atoms with Gasteiger partial charge in [0.25, 0.3) is 0 Å². The molecule has 116 valence electrons. The number of carbonyl (C=O) groups is 2. The lowest BCUT2D eigenvalue weighted by molar-refractivity contribution is 0.0698. The molecule has 0 aliphatic carbocycles. The summed E-state index contributed by atoms with van der Waals surface area (Å²) < 4.78 is 24.4. The van der Waals surface area contributed by atoms with Gasteiger partial charge in [0.1, 0.15) is 0 Å². The third kappa shape index (κ3) is 6.56. The van der Waals surface area contributed by atoms with Gasteiger partial charge in [0, 0.05) is 17.6 Å². The molecule has 0 heterocycles. The monoisotopic (exact) mass is 379 g/mol. The molecule has 0 saturated carbocycles. The van der Waals surface area contributed by atoms with E-state index in [0.717, 1.165) is 6.26 Å². The van der Waals surface area contributed by atoms with E-state index in [1.165, 1.54) is 12.1 Å². The minimum atomic E-state index is -3.31. The number of anilines is 1.